The highest BCUT2D eigenvalue weighted by atomic mass is 32.2. The third kappa shape index (κ3) is 1.92. The monoisotopic (exact) mass is 190 g/mol. The third-order valence-electron chi connectivity index (χ3n) is 1.74. The molecule has 0 saturated heterocycles. The van der Waals surface area contributed by atoms with Gasteiger partial charge in [0.25, 0.3) is 0 Å². The quantitative estimate of drug-likeness (QED) is 0.724. The summed E-state index contributed by atoms with van der Waals surface area (Å²) in [6.07, 6.45) is 3.68. The highest BCUT2D eigenvalue weighted by molar-refractivity contribution is 7.99. The number of nitrogens with zero attached hydrogens (tertiary/aromatic N) is 2. The molecule has 0 radical (unpaired) electrons. The summed E-state index contributed by atoms with van der Waals surface area (Å²) in [5.74, 6) is 0. The lowest BCUT2D eigenvalue weighted by Crippen LogP contribution is -1.85. The van der Waals surface area contributed by atoms with Crippen LogP contribution in [-0.2, 0) is 7.05 Å². The standard InChI is InChI=1S/C10H10N2S/c1-12-8-11-7-10(12)13-9-5-3-2-4-6-9/h2-8H,1H3. The number of imidazole rings is 1. The summed E-state index contributed by atoms with van der Waals surface area (Å²) in [6.45, 7) is 0. The molecule has 0 spiro atoms. The van der Waals surface area contributed by atoms with Gasteiger partial charge in [-0.05, 0) is 12.1 Å². The van der Waals surface area contributed by atoms with Crippen LogP contribution in [0.25, 0.3) is 0 Å². The van der Waals surface area contributed by atoms with Crippen LogP contribution < -0.4 is 0 Å². The molecule has 66 valence electrons. The lowest BCUT2D eigenvalue weighted by Gasteiger charge is -2.00. The van der Waals surface area contributed by atoms with E-state index in [0.29, 0.717) is 0 Å². The van der Waals surface area contributed by atoms with E-state index in [2.05, 4.69) is 17.1 Å². The van der Waals surface area contributed by atoms with Gasteiger partial charge < -0.3 is 4.57 Å². The van der Waals surface area contributed by atoms with Gasteiger partial charge in [-0.25, -0.2) is 4.98 Å². The fourth-order valence-electron chi connectivity index (χ4n) is 1.05. The normalized spacial score (nSPS) is 10.2. The molecule has 1 aromatic carbocycles. The van der Waals surface area contributed by atoms with E-state index in [-0.39, 0.29) is 0 Å². The SMILES string of the molecule is Cn1cncc1Sc1ccccc1. The Hall–Kier alpha value is -1.22. The van der Waals surface area contributed by atoms with Crippen molar-refractivity contribution in [3.8, 4) is 0 Å². The van der Waals surface area contributed by atoms with Crippen LogP contribution in [0.15, 0.2) is 52.8 Å². The molecule has 0 aliphatic rings. The first-order valence-corrected chi connectivity index (χ1v) is 4.87. The van der Waals surface area contributed by atoms with E-state index in [1.54, 1.807) is 11.8 Å². The van der Waals surface area contributed by atoms with Crippen LogP contribution in [0.4, 0.5) is 0 Å². The fraction of sp³-hybridized carbons (Fsp3) is 0.100. The molecule has 0 aliphatic heterocycles. The lowest BCUT2D eigenvalue weighted by molar-refractivity contribution is 0.824. The molecule has 2 aromatic rings. The summed E-state index contributed by atoms with van der Waals surface area (Å²) >= 11 is 1.72. The average molecular weight is 190 g/mol. The first kappa shape index (κ1) is 8.38. The van der Waals surface area contributed by atoms with Crippen molar-refractivity contribution in [3.05, 3.63) is 42.9 Å². The second-order valence-corrected chi connectivity index (χ2v) is 3.85. The van der Waals surface area contributed by atoms with E-state index in [9.17, 15) is 0 Å². The second-order valence-electron chi connectivity index (χ2n) is 2.76. The molecular formula is C10H10N2S. The van der Waals surface area contributed by atoms with E-state index in [4.69, 9.17) is 0 Å². The van der Waals surface area contributed by atoms with Crippen LogP contribution in [0, 0.1) is 0 Å². The second kappa shape index (κ2) is 3.66. The molecule has 0 fully saturated rings. The molecule has 2 nitrogen and oxygen atoms in total. The Kier molecular flexibility index (Phi) is 2.36. The molecule has 3 heteroatoms. The first-order valence-electron chi connectivity index (χ1n) is 4.05. The molecule has 0 unspecified atom stereocenters. The number of benzene rings is 1. The van der Waals surface area contributed by atoms with Gasteiger partial charge in [0, 0.05) is 11.9 Å². The summed E-state index contributed by atoms with van der Waals surface area (Å²) < 4.78 is 2.01. The van der Waals surface area contributed by atoms with Gasteiger partial charge >= 0.3 is 0 Å². The zero-order chi connectivity index (χ0) is 9.10. The molecule has 0 amide bonds. The summed E-state index contributed by atoms with van der Waals surface area (Å²) in [4.78, 5) is 5.30. The van der Waals surface area contributed by atoms with Crippen LogP contribution >= 0.6 is 11.8 Å². The summed E-state index contributed by atoms with van der Waals surface area (Å²) in [5.41, 5.74) is 0. The Morgan fingerprint density at radius 2 is 2.00 bits per heavy atom. The molecule has 0 bridgehead atoms. The van der Waals surface area contributed by atoms with Crippen LogP contribution in [0.3, 0.4) is 0 Å². The van der Waals surface area contributed by atoms with Crippen molar-refractivity contribution in [2.45, 2.75) is 9.92 Å². The van der Waals surface area contributed by atoms with Gasteiger partial charge in [-0.3, -0.25) is 0 Å². The van der Waals surface area contributed by atoms with Gasteiger partial charge in [0.2, 0.25) is 0 Å². The summed E-state index contributed by atoms with van der Waals surface area (Å²) in [7, 11) is 2.00. The first-order chi connectivity index (χ1) is 6.36. The minimum Gasteiger partial charge on any atom is -0.329 e. The van der Waals surface area contributed by atoms with Gasteiger partial charge in [0.05, 0.1) is 17.6 Å². The molecule has 2 rings (SSSR count). The van der Waals surface area contributed by atoms with E-state index >= 15 is 0 Å². The van der Waals surface area contributed by atoms with Crippen LogP contribution in [0.2, 0.25) is 0 Å². The van der Waals surface area contributed by atoms with Crippen LogP contribution in [-0.4, -0.2) is 9.55 Å². The van der Waals surface area contributed by atoms with Crippen LogP contribution in [0.5, 0.6) is 0 Å². The minimum absolute atomic E-state index is 1.16. The van der Waals surface area contributed by atoms with E-state index in [0.717, 1.165) is 5.03 Å². The van der Waals surface area contributed by atoms with Gasteiger partial charge in [-0.2, -0.15) is 0 Å². The summed E-state index contributed by atoms with van der Waals surface area (Å²) in [6, 6.07) is 10.3. The molecule has 0 N–H and O–H groups in total. The van der Waals surface area contributed by atoms with Crippen molar-refractivity contribution in [1.82, 2.24) is 9.55 Å². The number of hydrogen-bond donors (Lipinski definition) is 0. The Balaban J connectivity index is 2.20. The molecule has 0 aliphatic carbocycles. The van der Waals surface area contributed by atoms with Crippen LogP contribution in [0.1, 0.15) is 0 Å². The van der Waals surface area contributed by atoms with Crippen molar-refractivity contribution >= 4 is 11.8 Å². The van der Waals surface area contributed by atoms with Gasteiger partial charge in [-0.1, -0.05) is 30.0 Å². The lowest BCUT2D eigenvalue weighted by atomic mass is 10.4. The Morgan fingerprint density at radius 3 is 2.62 bits per heavy atom. The van der Waals surface area contributed by atoms with Crippen molar-refractivity contribution < 1.29 is 0 Å². The maximum absolute atomic E-state index is 4.06. The number of aromatic nitrogens is 2. The maximum atomic E-state index is 4.06. The van der Waals surface area contributed by atoms with Crippen molar-refractivity contribution in [1.29, 1.82) is 0 Å². The Morgan fingerprint density at radius 1 is 1.23 bits per heavy atom. The number of rotatable bonds is 2. The maximum Gasteiger partial charge on any atom is 0.0991 e. The van der Waals surface area contributed by atoms with Crippen molar-refractivity contribution in [2.24, 2.45) is 7.05 Å². The zero-order valence-electron chi connectivity index (χ0n) is 7.34. The largest absolute Gasteiger partial charge is 0.329 e. The molecule has 0 atom stereocenters. The highest BCUT2D eigenvalue weighted by Crippen LogP contribution is 2.25. The van der Waals surface area contributed by atoms with E-state index in [1.165, 1.54) is 4.90 Å². The van der Waals surface area contributed by atoms with E-state index in [1.807, 2.05) is 42.3 Å². The highest BCUT2D eigenvalue weighted by Gasteiger charge is 1.99. The number of aryl methyl sites for hydroxylation is 1. The minimum atomic E-state index is 1.16. The van der Waals surface area contributed by atoms with Crippen molar-refractivity contribution in [2.75, 3.05) is 0 Å². The molecular weight excluding hydrogens is 180 g/mol. The average Bonchev–Trinajstić information content (AvgIpc) is 2.54. The Labute approximate surface area is 81.6 Å². The van der Waals surface area contributed by atoms with Gasteiger partial charge in [-0.15, -0.1) is 0 Å². The zero-order valence-corrected chi connectivity index (χ0v) is 8.16. The van der Waals surface area contributed by atoms with Gasteiger partial charge in [0.1, 0.15) is 0 Å². The van der Waals surface area contributed by atoms with Gasteiger partial charge in [0.15, 0.2) is 0 Å². The molecule has 0 saturated carbocycles. The Bertz CT molecular complexity index is 381. The number of hydrogen-bond acceptors (Lipinski definition) is 2. The van der Waals surface area contributed by atoms with Crippen molar-refractivity contribution in [3.63, 3.8) is 0 Å². The predicted molar refractivity (Wildman–Crippen MR) is 53.8 cm³/mol. The molecule has 1 heterocycles. The summed E-state index contributed by atoms with van der Waals surface area (Å²) in [5, 5.41) is 1.16. The fourth-order valence-corrected chi connectivity index (χ4v) is 1.89. The third-order valence-corrected chi connectivity index (χ3v) is 2.85. The molecule has 13 heavy (non-hydrogen) atoms. The molecule has 1 aromatic heterocycles. The van der Waals surface area contributed by atoms with E-state index < -0.39 is 0 Å². The predicted octanol–water partition coefficient (Wildman–Crippen LogP) is 2.57. The smallest absolute Gasteiger partial charge is 0.0991 e. The topological polar surface area (TPSA) is 17.8 Å².